The molecular weight excluding hydrogens is 310 g/mol. The number of carbonyl (C=O) groups excluding carboxylic acids is 1. The Morgan fingerprint density at radius 2 is 1.54 bits per heavy atom. The third-order valence-corrected chi connectivity index (χ3v) is 2.81. The molecule has 0 spiro atoms. The highest BCUT2D eigenvalue weighted by atomic mass is 16.4. The standard InChI is InChI=1S/C16H13NO5.C2H6/c18-11-4-1-10(2-5-11)3-8-15(20)17-14-7-6-12(19)9-13(14)16(21)22;1-2/h1-9,18-19H,(H,17,20)(H,21,22);1-2H3/b8-3+;. The number of phenolic OH excluding ortho intramolecular Hbond substituents is 2. The van der Waals surface area contributed by atoms with Crippen LogP contribution < -0.4 is 5.32 Å². The molecule has 0 aliphatic heterocycles. The lowest BCUT2D eigenvalue weighted by molar-refractivity contribution is -0.111. The number of hydrogen-bond acceptors (Lipinski definition) is 4. The first kappa shape index (κ1) is 18.8. The number of carboxylic acids is 1. The van der Waals surface area contributed by atoms with Gasteiger partial charge in [0.1, 0.15) is 11.5 Å². The quantitative estimate of drug-likeness (QED) is 0.507. The lowest BCUT2D eigenvalue weighted by Crippen LogP contribution is -2.11. The molecule has 0 atom stereocenters. The van der Waals surface area contributed by atoms with Crippen LogP contribution in [0.1, 0.15) is 29.8 Å². The van der Waals surface area contributed by atoms with E-state index < -0.39 is 11.9 Å². The number of amides is 1. The van der Waals surface area contributed by atoms with Crippen LogP contribution in [0.4, 0.5) is 5.69 Å². The van der Waals surface area contributed by atoms with E-state index in [-0.39, 0.29) is 22.7 Å². The van der Waals surface area contributed by atoms with Crippen LogP contribution in [0.3, 0.4) is 0 Å². The Morgan fingerprint density at radius 1 is 0.958 bits per heavy atom. The van der Waals surface area contributed by atoms with Crippen LogP contribution in [0.2, 0.25) is 0 Å². The third kappa shape index (κ3) is 5.49. The van der Waals surface area contributed by atoms with E-state index in [0.717, 1.165) is 6.07 Å². The largest absolute Gasteiger partial charge is 0.508 e. The molecule has 126 valence electrons. The van der Waals surface area contributed by atoms with Crippen LogP contribution in [0, 0.1) is 0 Å². The SMILES string of the molecule is CC.O=C(/C=C/c1ccc(O)cc1)Nc1ccc(O)cc1C(=O)O. The highest BCUT2D eigenvalue weighted by Gasteiger charge is 2.12. The maximum absolute atomic E-state index is 11.8. The minimum Gasteiger partial charge on any atom is -0.508 e. The molecule has 1 amide bonds. The molecule has 24 heavy (non-hydrogen) atoms. The Balaban J connectivity index is 0.00000139. The molecule has 6 nitrogen and oxygen atoms in total. The molecule has 0 unspecified atom stereocenters. The predicted molar refractivity (Wildman–Crippen MR) is 92.2 cm³/mol. The molecular formula is C18H19NO5. The molecule has 0 radical (unpaired) electrons. The summed E-state index contributed by atoms with van der Waals surface area (Å²) in [5, 5.41) is 29.9. The van der Waals surface area contributed by atoms with Gasteiger partial charge in [0.2, 0.25) is 5.91 Å². The number of aromatic hydroxyl groups is 2. The summed E-state index contributed by atoms with van der Waals surface area (Å²) in [6.45, 7) is 4.00. The van der Waals surface area contributed by atoms with Crippen molar-refractivity contribution in [1.29, 1.82) is 0 Å². The zero-order valence-electron chi connectivity index (χ0n) is 13.4. The summed E-state index contributed by atoms with van der Waals surface area (Å²) in [5.41, 5.74) is 0.592. The Kier molecular flexibility index (Phi) is 7.03. The van der Waals surface area contributed by atoms with E-state index in [9.17, 15) is 14.7 Å². The van der Waals surface area contributed by atoms with Crippen LogP contribution in [0.25, 0.3) is 6.08 Å². The normalized spacial score (nSPS) is 9.92. The predicted octanol–water partition coefficient (Wildman–Crippen LogP) is 3.47. The summed E-state index contributed by atoms with van der Waals surface area (Å²) in [4.78, 5) is 22.9. The summed E-state index contributed by atoms with van der Waals surface area (Å²) in [5.74, 6) is -1.85. The number of carbonyl (C=O) groups is 2. The number of anilines is 1. The molecule has 2 aromatic carbocycles. The van der Waals surface area contributed by atoms with Crippen LogP contribution in [0.5, 0.6) is 11.5 Å². The van der Waals surface area contributed by atoms with Gasteiger partial charge in [-0.2, -0.15) is 0 Å². The molecule has 2 rings (SSSR count). The van der Waals surface area contributed by atoms with Gasteiger partial charge >= 0.3 is 5.97 Å². The third-order valence-electron chi connectivity index (χ3n) is 2.81. The van der Waals surface area contributed by atoms with Crippen LogP contribution in [-0.4, -0.2) is 27.2 Å². The Hall–Kier alpha value is -3.28. The van der Waals surface area contributed by atoms with Crippen molar-refractivity contribution in [2.75, 3.05) is 5.32 Å². The fourth-order valence-electron chi connectivity index (χ4n) is 1.75. The van der Waals surface area contributed by atoms with Crippen molar-refractivity contribution >= 4 is 23.6 Å². The van der Waals surface area contributed by atoms with E-state index in [1.165, 1.54) is 36.4 Å². The van der Waals surface area contributed by atoms with Crippen molar-refractivity contribution in [3.63, 3.8) is 0 Å². The first-order valence-electron chi connectivity index (χ1n) is 7.30. The number of hydrogen-bond donors (Lipinski definition) is 4. The average molecular weight is 329 g/mol. The molecule has 0 saturated carbocycles. The van der Waals surface area contributed by atoms with E-state index in [1.807, 2.05) is 13.8 Å². The van der Waals surface area contributed by atoms with Crippen LogP contribution >= 0.6 is 0 Å². The molecule has 2 aromatic rings. The van der Waals surface area contributed by atoms with Crippen molar-refractivity contribution in [1.82, 2.24) is 0 Å². The summed E-state index contributed by atoms with van der Waals surface area (Å²) >= 11 is 0. The fourth-order valence-corrected chi connectivity index (χ4v) is 1.75. The van der Waals surface area contributed by atoms with Gasteiger partial charge in [-0.3, -0.25) is 4.79 Å². The lowest BCUT2D eigenvalue weighted by Gasteiger charge is -2.07. The van der Waals surface area contributed by atoms with Crippen molar-refractivity contribution in [3.05, 3.63) is 59.7 Å². The molecule has 0 bridgehead atoms. The maximum atomic E-state index is 11.8. The lowest BCUT2D eigenvalue weighted by atomic mass is 10.1. The molecule has 0 aliphatic carbocycles. The highest BCUT2D eigenvalue weighted by Crippen LogP contribution is 2.21. The number of nitrogens with one attached hydrogen (secondary N) is 1. The first-order valence-corrected chi connectivity index (χ1v) is 7.30. The van der Waals surface area contributed by atoms with Gasteiger partial charge in [-0.25, -0.2) is 4.79 Å². The van der Waals surface area contributed by atoms with Crippen molar-refractivity contribution in [2.45, 2.75) is 13.8 Å². The monoisotopic (exact) mass is 329 g/mol. The molecule has 0 aromatic heterocycles. The number of aromatic carboxylic acids is 1. The Bertz CT molecular complexity index is 736. The highest BCUT2D eigenvalue weighted by molar-refractivity contribution is 6.06. The van der Waals surface area contributed by atoms with E-state index in [0.29, 0.717) is 5.56 Å². The minimum atomic E-state index is -1.26. The second-order valence-corrected chi connectivity index (χ2v) is 4.45. The number of carboxylic acid groups (broad SMARTS) is 1. The van der Waals surface area contributed by atoms with Gasteiger partial charge in [-0.05, 0) is 42.0 Å². The van der Waals surface area contributed by atoms with Crippen molar-refractivity contribution in [3.8, 4) is 11.5 Å². The van der Waals surface area contributed by atoms with Crippen molar-refractivity contribution < 1.29 is 24.9 Å². The first-order chi connectivity index (χ1) is 11.5. The van der Waals surface area contributed by atoms with Gasteiger partial charge in [0.25, 0.3) is 0 Å². The Labute approximate surface area is 139 Å². The van der Waals surface area contributed by atoms with Gasteiger partial charge < -0.3 is 20.6 Å². The van der Waals surface area contributed by atoms with Crippen LogP contribution in [-0.2, 0) is 4.79 Å². The molecule has 0 saturated heterocycles. The average Bonchev–Trinajstić information content (AvgIpc) is 2.57. The summed E-state index contributed by atoms with van der Waals surface area (Å²) in [7, 11) is 0. The molecule has 0 heterocycles. The summed E-state index contributed by atoms with van der Waals surface area (Å²) in [6, 6.07) is 9.88. The second kappa shape index (κ2) is 8.99. The van der Waals surface area contributed by atoms with Gasteiger partial charge in [-0.1, -0.05) is 26.0 Å². The smallest absolute Gasteiger partial charge is 0.337 e. The van der Waals surface area contributed by atoms with Gasteiger partial charge in [0.05, 0.1) is 11.3 Å². The van der Waals surface area contributed by atoms with Gasteiger partial charge in [0.15, 0.2) is 0 Å². The van der Waals surface area contributed by atoms with E-state index in [2.05, 4.69) is 5.32 Å². The fraction of sp³-hybridized carbons (Fsp3) is 0.111. The van der Waals surface area contributed by atoms with E-state index in [4.69, 9.17) is 10.2 Å². The number of rotatable bonds is 4. The van der Waals surface area contributed by atoms with Crippen LogP contribution in [0.15, 0.2) is 48.5 Å². The molecule has 0 fully saturated rings. The molecule has 6 heteroatoms. The van der Waals surface area contributed by atoms with E-state index >= 15 is 0 Å². The number of phenols is 2. The zero-order valence-corrected chi connectivity index (χ0v) is 13.4. The van der Waals surface area contributed by atoms with Gasteiger partial charge in [-0.15, -0.1) is 0 Å². The van der Waals surface area contributed by atoms with Crippen molar-refractivity contribution in [2.24, 2.45) is 0 Å². The minimum absolute atomic E-state index is 0.0886. The Morgan fingerprint density at radius 3 is 2.12 bits per heavy atom. The number of benzene rings is 2. The maximum Gasteiger partial charge on any atom is 0.337 e. The summed E-state index contributed by atoms with van der Waals surface area (Å²) < 4.78 is 0. The topological polar surface area (TPSA) is 107 Å². The summed E-state index contributed by atoms with van der Waals surface area (Å²) in [6.07, 6.45) is 2.76. The molecule has 4 N–H and O–H groups in total. The van der Waals surface area contributed by atoms with E-state index in [1.54, 1.807) is 12.1 Å². The second-order valence-electron chi connectivity index (χ2n) is 4.45. The van der Waals surface area contributed by atoms with Gasteiger partial charge in [0, 0.05) is 6.08 Å². The zero-order chi connectivity index (χ0) is 18.1. The molecule has 0 aliphatic rings.